The standard InChI is InChI=1S/C26H39N3O5/c1-19(16-33-20(2)21-10-7-6-8-11-21)34-23(30)28-18-26(5)15-22(14-25(3,4)17-26)29-24(31)32-13-9-12-27/h6-8,10-11,19-20,22H,9,13-18H2,1-5H3,(H,28,30)(H,29,31). The van der Waals surface area contributed by atoms with Gasteiger partial charge in [0.2, 0.25) is 0 Å². The SMILES string of the molecule is CC(COC(C)c1ccccc1)OC(=O)NCC1(C)CC(NC(=O)OCCC#N)CC(C)(C)C1. The van der Waals surface area contributed by atoms with E-state index in [2.05, 4.69) is 31.4 Å². The Labute approximate surface area is 203 Å². The highest BCUT2D eigenvalue weighted by Gasteiger charge is 2.42. The molecule has 0 spiro atoms. The molecule has 0 bridgehead atoms. The highest BCUT2D eigenvalue weighted by atomic mass is 16.6. The molecular formula is C26H39N3O5. The first-order valence-corrected chi connectivity index (χ1v) is 11.9. The summed E-state index contributed by atoms with van der Waals surface area (Å²) < 4.78 is 16.4. The van der Waals surface area contributed by atoms with Crippen LogP contribution in [0.1, 0.15) is 72.0 Å². The molecule has 0 radical (unpaired) electrons. The number of ether oxygens (including phenoxy) is 3. The smallest absolute Gasteiger partial charge is 0.407 e. The Hall–Kier alpha value is -2.79. The fraction of sp³-hybridized carbons (Fsp3) is 0.654. The molecule has 1 saturated carbocycles. The zero-order valence-electron chi connectivity index (χ0n) is 21.1. The molecule has 2 N–H and O–H groups in total. The van der Waals surface area contributed by atoms with Crippen molar-refractivity contribution < 1.29 is 23.8 Å². The number of nitriles is 1. The molecule has 1 aromatic carbocycles. The molecule has 0 saturated heterocycles. The number of benzene rings is 1. The lowest BCUT2D eigenvalue weighted by molar-refractivity contribution is -0.00644. The van der Waals surface area contributed by atoms with Gasteiger partial charge in [-0.2, -0.15) is 5.26 Å². The van der Waals surface area contributed by atoms with Crippen LogP contribution in [0.3, 0.4) is 0 Å². The summed E-state index contributed by atoms with van der Waals surface area (Å²) >= 11 is 0. The van der Waals surface area contributed by atoms with Crippen LogP contribution in [0, 0.1) is 22.2 Å². The van der Waals surface area contributed by atoms with E-state index >= 15 is 0 Å². The number of rotatable bonds is 10. The molecule has 0 aliphatic heterocycles. The Morgan fingerprint density at radius 1 is 1.15 bits per heavy atom. The van der Waals surface area contributed by atoms with Crippen molar-refractivity contribution in [2.75, 3.05) is 19.8 Å². The summed E-state index contributed by atoms with van der Waals surface area (Å²) in [5.74, 6) is 0. The molecule has 0 aromatic heterocycles. The zero-order chi connectivity index (χ0) is 25.2. The maximum Gasteiger partial charge on any atom is 0.407 e. The van der Waals surface area contributed by atoms with E-state index in [9.17, 15) is 9.59 Å². The fourth-order valence-electron chi connectivity index (χ4n) is 4.91. The lowest BCUT2D eigenvalue weighted by atomic mass is 9.62. The summed E-state index contributed by atoms with van der Waals surface area (Å²) in [4.78, 5) is 24.5. The summed E-state index contributed by atoms with van der Waals surface area (Å²) in [6.07, 6.45) is 1.12. The Morgan fingerprint density at radius 2 is 1.85 bits per heavy atom. The molecule has 34 heavy (non-hydrogen) atoms. The summed E-state index contributed by atoms with van der Waals surface area (Å²) in [6, 6.07) is 11.8. The Morgan fingerprint density at radius 3 is 2.53 bits per heavy atom. The Balaban J connectivity index is 1.79. The van der Waals surface area contributed by atoms with Gasteiger partial charge < -0.3 is 24.8 Å². The molecular weight excluding hydrogens is 434 g/mol. The molecule has 1 aliphatic rings. The van der Waals surface area contributed by atoms with Crippen molar-refractivity contribution in [1.82, 2.24) is 10.6 Å². The highest BCUT2D eigenvalue weighted by Crippen LogP contribution is 2.45. The monoisotopic (exact) mass is 473 g/mol. The molecule has 8 nitrogen and oxygen atoms in total. The molecule has 4 unspecified atom stereocenters. The predicted octanol–water partition coefficient (Wildman–Crippen LogP) is 5.10. The van der Waals surface area contributed by atoms with Gasteiger partial charge in [0.25, 0.3) is 0 Å². The number of nitrogens with zero attached hydrogens (tertiary/aromatic N) is 1. The van der Waals surface area contributed by atoms with Gasteiger partial charge >= 0.3 is 12.2 Å². The quantitative estimate of drug-likeness (QED) is 0.457. The molecule has 2 amide bonds. The molecule has 1 aliphatic carbocycles. The minimum atomic E-state index is -0.508. The van der Waals surface area contributed by atoms with Crippen molar-refractivity contribution in [3.05, 3.63) is 35.9 Å². The average Bonchev–Trinajstić information content (AvgIpc) is 2.75. The van der Waals surface area contributed by atoms with Crippen molar-refractivity contribution in [3.63, 3.8) is 0 Å². The number of alkyl carbamates (subject to hydrolysis) is 2. The van der Waals surface area contributed by atoms with Gasteiger partial charge in [-0.15, -0.1) is 0 Å². The minimum absolute atomic E-state index is 0.0160. The fourth-order valence-corrected chi connectivity index (χ4v) is 4.91. The molecule has 1 aromatic rings. The van der Waals surface area contributed by atoms with E-state index in [0.29, 0.717) is 19.6 Å². The maximum atomic E-state index is 12.4. The first-order chi connectivity index (χ1) is 16.0. The first kappa shape index (κ1) is 27.5. The van der Waals surface area contributed by atoms with Crippen LogP contribution >= 0.6 is 0 Å². The van der Waals surface area contributed by atoms with E-state index < -0.39 is 12.2 Å². The maximum absolute atomic E-state index is 12.4. The van der Waals surface area contributed by atoms with Gasteiger partial charge in [-0.05, 0) is 49.5 Å². The summed E-state index contributed by atoms with van der Waals surface area (Å²) in [5.41, 5.74) is 0.842. The van der Waals surface area contributed by atoms with Gasteiger partial charge in [-0.1, -0.05) is 51.1 Å². The number of carbonyl (C=O) groups is 2. The van der Waals surface area contributed by atoms with Crippen molar-refractivity contribution in [3.8, 4) is 6.07 Å². The van der Waals surface area contributed by atoms with Crippen LogP contribution in [0.4, 0.5) is 9.59 Å². The van der Waals surface area contributed by atoms with Crippen molar-refractivity contribution >= 4 is 12.2 Å². The zero-order valence-corrected chi connectivity index (χ0v) is 21.1. The molecule has 4 atom stereocenters. The van der Waals surface area contributed by atoms with Gasteiger partial charge in [0.15, 0.2) is 0 Å². The predicted molar refractivity (Wildman–Crippen MR) is 129 cm³/mol. The second-order valence-corrected chi connectivity index (χ2v) is 10.4. The van der Waals surface area contributed by atoms with E-state index in [-0.39, 0.29) is 42.1 Å². The van der Waals surface area contributed by atoms with E-state index in [1.54, 1.807) is 6.92 Å². The lowest BCUT2D eigenvalue weighted by Gasteiger charge is -2.46. The van der Waals surface area contributed by atoms with E-state index in [4.69, 9.17) is 19.5 Å². The van der Waals surface area contributed by atoms with Gasteiger partial charge in [0.1, 0.15) is 12.7 Å². The second-order valence-electron chi connectivity index (χ2n) is 10.4. The highest BCUT2D eigenvalue weighted by molar-refractivity contribution is 5.68. The number of hydrogen-bond acceptors (Lipinski definition) is 6. The first-order valence-electron chi connectivity index (χ1n) is 11.9. The van der Waals surface area contributed by atoms with Gasteiger partial charge in [-0.3, -0.25) is 0 Å². The van der Waals surface area contributed by atoms with E-state index in [0.717, 1.165) is 18.4 Å². The van der Waals surface area contributed by atoms with Gasteiger partial charge in [-0.25, -0.2) is 9.59 Å². The Kier molecular flexibility index (Phi) is 10.2. The average molecular weight is 474 g/mol. The molecule has 2 rings (SSSR count). The van der Waals surface area contributed by atoms with Crippen LogP contribution in [-0.4, -0.2) is 44.1 Å². The summed E-state index contributed by atoms with van der Waals surface area (Å²) in [6.45, 7) is 11.0. The lowest BCUT2D eigenvalue weighted by Crippen LogP contribution is -2.50. The van der Waals surface area contributed by atoms with Crippen molar-refractivity contribution in [2.45, 2.75) is 78.6 Å². The van der Waals surface area contributed by atoms with Crippen LogP contribution < -0.4 is 10.6 Å². The molecule has 8 heteroatoms. The van der Waals surface area contributed by atoms with Gasteiger partial charge in [0, 0.05) is 12.6 Å². The number of nitrogens with one attached hydrogen (secondary N) is 2. The topological polar surface area (TPSA) is 110 Å². The third-order valence-electron chi connectivity index (χ3n) is 6.03. The van der Waals surface area contributed by atoms with Crippen LogP contribution in [0.2, 0.25) is 0 Å². The molecule has 0 heterocycles. The third-order valence-corrected chi connectivity index (χ3v) is 6.03. The van der Waals surface area contributed by atoms with Crippen LogP contribution in [0.5, 0.6) is 0 Å². The largest absolute Gasteiger partial charge is 0.448 e. The number of amides is 2. The summed E-state index contributed by atoms with van der Waals surface area (Å²) in [7, 11) is 0. The second kappa shape index (κ2) is 12.6. The number of carbonyl (C=O) groups excluding carboxylic acids is 2. The minimum Gasteiger partial charge on any atom is -0.448 e. The number of hydrogen-bond donors (Lipinski definition) is 2. The van der Waals surface area contributed by atoms with E-state index in [1.807, 2.05) is 43.3 Å². The van der Waals surface area contributed by atoms with E-state index in [1.165, 1.54) is 0 Å². The van der Waals surface area contributed by atoms with Crippen LogP contribution in [-0.2, 0) is 14.2 Å². The van der Waals surface area contributed by atoms with Crippen molar-refractivity contribution in [2.24, 2.45) is 10.8 Å². The third kappa shape index (κ3) is 9.60. The normalized spacial score (nSPS) is 23.1. The molecule has 188 valence electrons. The van der Waals surface area contributed by atoms with Crippen LogP contribution in [0.25, 0.3) is 0 Å². The summed E-state index contributed by atoms with van der Waals surface area (Å²) in [5, 5.41) is 14.4. The van der Waals surface area contributed by atoms with Crippen molar-refractivity contribution in [1.29, 1.82) is 5.26 Å². The van der Waals surface area contributed by atoms with Crippen LogP contribution in [0.15, 0.2) is 30.3 Å². The molecule has 1 fully saturated rings. The van der Waals surface area contributed by atoms with Gasteiger partial charge in [0.05, 0.1) is 25.2 Å². The Bertz CT molecular complexity index is 839.